The van der Waals surface area contributed by atoms with Crippen LogP contribution in [0.1, 0.15) is 11.1 Å². The van der Waals surface area contributed by atoms with Gasteiger partial charge in [-0.2, -0.15) is 0 Å². The van der Waals surface area contributed by atoms with Crippen LogP contribution in [-0.2, 0) is 4.79 Å². The lowest BCUT2D eigenvalue weighted by Crippen LogP contribution is -2.13. The van der Waals surface area contributed by atoms with Crippen molar-refractivity contribution in [3.05, 3.63) is 60.7 Å². The highest BCUT2D eigenvalue weighted by Gasteiger charge is 2.12. The molecule has 2 rings (SSSR count). The van der Waals surface area contributed by atoms with Crippen molar-refractivity contribution in [1.82, 2.24) is 0 Å². The van der Waals surface area contributed by atoms with E-state index < -0.39 is 5.91 Å². The number of benzene rings is 2. The van der Waals surface area contributed by atoms with Gasteiger partial charge in [0.2, 0.25) is 5.91 Å². The lowest BCUT2D eigenvalue weighted by atomic mass is 9.93. The molecule has 0 saturated heterocycles. The number of fused-ring (bicyclic) bond motifs is 1. The largest absolute Gasteiger partial charge is 0.366 e. The van der Waals surface area contributed by atoms with Crippen LogP contribution in [0.3, 0.4) is 0 Å². The highest BCUT2D eigenvalue weighted by molar-refractivity contribution is 6.22. The molecule has 0 atom stereocenters. The zero-order valence-electron chi connectivity index (χ0n) is 9.44. The third kappa shape index (κ3) is 1.85. The number of rotatable bonds is 3. The number of primary amides is 1. The molecule has 0 spiro atoms. The minimum Gasteiger partial charge on any atom is -0.366 e. The first-order valence-corrected chi connectivity index (χ1v) is 5.28. The molecular formula is C15H13NO. The van der Waals surface area contributed by atoms with Crippen LogP contribution in [0.2, 0.25) is 0 Å². The van der Waals surface area contributed by atoms with Gasteiger partial charge in [-0.1, -0.05) is 55.6 Å². The lowest BCUT2D eigenvalue weighted by Gasteiger charge is -2.10. The average Bonchev–Trinajstić information content (AvgIpc) is 2.36. The Balaban J connectivity index is 2.85. The van der Waals surface area contributed by atoms with Crippen molar-refractivity contribution in [3.8, 4) is 0 Å². The van der Waals surface area contributed by atoms with Gasteiger partial charge in [-0.3, -0.25) is 4.79 Å². The highest BCUT2D eigenvalue weighted by Crippen LogP contribution is 2.28. The Morgan fingerprint density at radius 2 is 1.88 bits per heavy atom. The zero-order valence-corrected chi connectivity index (χ0v) is 9.44. The Bertz CT molecular complexity index is 626. The number of hydrogen-bond acceptors (Lipinski definition) is 1. The van der Waals surface area contributed by atoms with Crippen molar-refractivity contribution in [2.75, 3.05) is 0 Å². The van der Waals surface area contributed by atoms with E-state index in [1.54, 1.807) is 6.08 Å². The Labute approximate surface area is 100 Å². The first-order chi connectivity index (χ1) is 8.15. The molecule has 0 heterocycles. The summed E-state index contributed by atoms with van der Waals surface area (Å²) in [5, 5.41) is 2.02. The van der Waals surface area contributed by atoms with Gasteiger partial charge in [0.25, 0.3) is 0 Å². The van der Waals surface area contributed by atoms with Crippen LogP contribution in [0.25, 0.3) is 22.4 Å². The zero-order chi connectivity index (χ0) is 12.4. The fourth-order valence-corrected chi connectivity index (χ4v) is 1.92. The van der Waals surface area contributed by atoms with Gasteiger partial charge in [-0.25, -0.2) is 0 Å². The van der Waals surface area contributed by atoms with E-state index in [-0.39, 0.29) is 0 Å². The van der Waals surface area contributed by atoms with E-state index in [0.717, 1.165) is 21.9 Å². The summed E-state index contributed by atoms with van der Waals surface area (Å²) in [4.78, 5) is 11.3. The monoisotopic (exact) mass is 223 g/mol. The summed E-state index contributed by atoms with van der Waals surface area (Å²) < 4.78 is 0. The predicted octanol–water partition coefficient (Wildman–Crippen LogP) is 2.98. The Hall–Kier alpha value is -2.35. The fraction of sp³-hybridized carbons (Fsp3) is 0. The molecule has 0 aliphatic heterocycles. The molecule has 2 heteroatoms. The van der Waals surface area contributed by atoms with Crippen molar-refractivity contribution < 1.29 is 4.79 Å². The van der Waals surface area contributed by atoms with E-state index in [9.17, 15) is 4.79 Å². The van der Waals surface area contributed by atoms with E-state index in [2.05, 4.69) is 13.2 Å². The number of carbonyl (C=O) groups is 1. The summed E-state index contributed by atoms with van der Waals surface area (Å²) in [6.07, 6.45) is 1.70. The van der Waals surface area contributed by atoms with Crippen molar-refractivity contribution in [3.63, 3.8) is 0 Å². The van der Waals surface area contributed by atoms with E-state index >= 15 is 0 Å². The molecule has 2 N–H and O–H groups in total. The highest BCUT2D eigenvalue weighted by atomic mass is 16.1. The number of amides is 1. The minimum atomic E-state index is -0.510. The van der Waals surface area contributed by atoms with Gasteiger partial charge >= 0.3 is 0 Å². The summed E-state index contributed by atoms with van der Waals surface area (Å²) in [6, 6.07) is 11.7. The topological polar surface area (TPSA) is 43.1 Å². The summed E-state index contributed by atoms with van der Waals surface area (Å²) in [7, 11) is 0. The van der Waals surface area contributed by atoms with Gasteiger partial charge in [0.15, 0.2) is 0 Å². The second-order valence-corrected chi connectivity index (χ2v) is 3.80. The van der Waals surface area contributed by atoms with E-state index in [1.807, 2.05) is 36.4 Å². The van der Waals surface area contributed by atoms with Crippen LogP contribution in [-0.4, -0.2) is 5.91 Å². The average molecular weight is 223 g/mol. The third-order valence-electron chi connectivity index (χ3n) is 2.78. The lowest BCUT2D eigenvalue weighted by molar-refractivity contribution is -0.112. The van der Waals surface area contributed by atoms with E-state index in [4.69, 9.17) is 5.73 Å². The predicted molar refractivity (Wildman–Crippen MR) is 72.3 cm³/mol. The molecule has 1 amide bonds. The number of hydrogen-bond donors (Lipinski definition) is 1. The molecule has 2 aromatic rings. The Morgan fingerprint density at radius 1 is 1.18 bits per heavy atom. The van der Waals surface area contributed by atoms with Gasteiger partial charge in [0.1, 0.15) is 0 Å². The van der Waals surface area contributed by atoms with Crippen molar-refractivity contribution >= 4 is 28.3 Å². The first kappa shape index (κ1) is 11.1. The maximum Gasteiger partial charge on any atom is 0.248 e. The molecule has 2 nitrogen and oxygen atoms in total. The summed E-state index contributed by atoms with van der Waals surface area (Å²) in [6.45, 7) is 7.51. The first-order valence-electron chi connectivity index (χ1n) is 5.28. The summed E-state index contributed by atoms with van der Waals surface area (Å²) in [5.41, 5.74) is 7.26. The van der Waals surface area contributed by atoms with Gasteiger partial charge in [0, 0.05) is 11.1 Å². The Morgan fingerprint density at radius 3 is 2.53 bits per heavy atom. The van der Waals surface area contributed by atoms with Gasteiger partial charge < -0.3 is 5.73 Å². The maximum absolute atomic E-state index is 11.3. The second kappa shape index (κ2) is 4.26. The quantitative estimate of drug-likeness (QED) is 0.799. The molecule has 84 valence electrons. The molecule has 0 aliphatic carbocycles. The second-order valence-electron chi connectivity index (χ2n) is 3.80. The summed E-state index contributed by atoms with van der Waals surface area (Å²) >= 11 is 0. The van der Waals surface area contributed by atoms with Crippen LogP contribution in [0.15, 0.2) is 49.6 Å². The van der Waals surface area contributed by atoms with Crippen LogP contribution < -0.4 is 5.73 Å². The van der Waals surface area contributed by atoms with Crippen LogP contribution in [0, 0.1) is 0 Å². The number of carbonyl (C=O) groups excluding carboxylic acids is 1. The molecule has 0 unspecified atom stereocenters. The van der Waals surface area contributed by atoms with Crippen LogP contribution >= 0.6 is 0 Å². The molecule has 0 bridgehead atoms. The van der Waals surface area contributed by atoms with Crippen molar-refractivity contribution in [2.45, 2.75) is 0 Å². The Kier molecular flexibility index (Phi) is 2.79. The molecule has 2 aromatic carbocycles. The minimum absolute atomic E-state index is 0.316. The van der Waals surface area contributed by atoms with Crippen LogP contribution in [0.4, 0.5) is 0 Å². The van der Waals surface area contributed by atoms with Crippen molar-refractivity contribution in [2.24, 2.45) is 5.73 Å². The summed E-state index contributed by atoms with van der Waals surface area (Å²) in [5.74, 6) is -0.510. The fourth-order valence-electron chi connectivity index (χ4n) is 1.92. The molecule has 0 saturated carbocycles. The van der Waals surface area contributed by atoms with E-state index in [1.165, 1.54) is 0 Å². The molecule has 0 aromatic heterocycles. The SMILES string of the molecule is C=Cc1ccc2ccccc2c1C(=C)C(N)=O. The van der Waals surface area contributed by atoms with Gasteiger partial charge in [-0.05, 0) is 16.3 Å². The molecular weight excluding hydrogens is 210 g/mol. The van der Waals surface area contributed by atoms with Gasteiger partial charge in [0.05, 0.1) is 0 Å². The van der Waals surface area contributed by atoms with Crippen molar-refractivity contribution in [1.29, 1.82) is 0 Å². The van der Waals surface area contributed by atoms with Gasteiger partial charge in [-0.15, -0.1) is 0 Å². The molecule has 17 heavy (non-hydrogen) atoms. The van der Waals surface area contributed by atoms with E-state index in [0.29, 0.717) is 5.57 Å². The number of nitrogens with two attached hydrogens (primary N) is 1. The molecule has 0 fully saturated rings. The smallest absolute Gasteiger partial charge is 0.248 e. The molecule has 0 aliphatic rings. The molecule has 0 radical (unpaired) electrons. The normalized spacial score (nSPS) is 10.1. The maximum atomic E-state index is 11.3. The third-order valence-corrected chi connectivity index (χ3v) is 2.78. The standard InChI is InChI=1S/C15H13NO/c1-3-11-8-9-12-6-4-5-7-13(12)14(11)10(2)15(16)17/h3-9H,1-2H2,(H2,16,17). The van der Waals surface area contributed by atoms with Crippen LogP contribution in [0.5, 0.6) is 0 Å².